The van der Waals surface area contributed by atoms with Crippen LogP contribution < -0.4 is 0 Å². The molecule has 3 nitrogen and oxygen atoms in total. The second-order valence-corrected chi connectivity index (χ2v) is 4.90. The number of nitrogens with one attached hydrogen (secondary N) is 1. The van der Waals surface area contributed by atoms with Crippen molar-refractivity contribution in [2.75, 3.05) is 0 Å². The van der Waals surface area contributed by atoms with Gasteiger partial charge in [-0.1, -0.05) is 53.8 Å². The van der Waals surface area contributed by atoms with Gasteiger partial charge < -0.3 is 0 Å². The lowest BCUT2D eigenvalue weighted by Crippen LogP contribution is -1.72. The maximum absolute atomic E-state index is 4.91. The minimum Gasteiger partial charge on any atom is -0.256 e. The van der Waals surface area contributed by atoms with E-state index >= 15 is 0 Å². The molecule has 0 amide bonds. The molecular weight excluding hydrogens is 250 g/mol. The van der Waals surface area contributed by atoms with Gasteiger partial charge in [-0.3, -0.25) is 5.10 Å². The molecule has 2 aromatic rings. The van der Waals surface area contributed by atoms with Crippen molar-refractivity contribution >= 4 is 41.0 Å². The minimum absolute atomic E-state index is 0.650. The number of aliphatic imine (C=N–C) groups is 1. The maximum Gasteiger partial charge on any atom is 0.229 e. The highest BCUT2D eigenvalue weighted by molar-refractivity contribution is 7.73. The third-order valence-electron chi connectivity index (χ3n) is 1.98. The van der Waals surface area contributed by atoms with Crippen LogP contribution in [0.2, 0.25) is 0 Å². The zero-order valence-corrected chi connectivity index (χ0v) is 10.7. The summed E-state index contributed by atoms with van der Waals surface area (Å²) in [5, 5.41) is 7.30. The Morgan fingerprint density at radius 1 is 1.35 bits per heavy atom. The molecule has 0 spiro atoms. The summed E-state index contributed by atoms with van der Waals surface area (Å²) in [6.07, 6.45) is 6.73. The van der Waals surface area contributed by atoms with Crippen molar-refractivity contribution in [3.63, 3.8) is 0 Å². The smallest absolute Gasteiger partial charge is 0.229 e. The van der Waals surface area contributed by atoms with Crippen LogP contribution in [0.25, 0.3) is 6.08 Å². The molecule has 0 aliphatic heterocycles. The summed E-state index contributed by atoms with van der Waals surface area (Å²) in [7, 11) is 0. The number of nitrogens with zero attached hydrogens (tertiary/aromatic N) is 2. The molecule has 0 saturated carbocycles. The molecule has 5 heteroatoms. The molecule has 1 heterocycles. The highest BCUT2D eigenvalue weighted by Gasteiger charge is 1.90. The van der Waals surface area contributed by atoms with Gasteiger partial charge in [-0.25, -0.2) is 4.99 Å². The normalized spacial score (nSPS) is 11.5. The van der Waals surface area contributed by atoms with E-state index in [0.717, 1.165) is 6.42 Å². The first kappa shape index (κ1) is 11.9. The van der Waals surface area contributed by atoms with Crippen molar-refractivity contribution in [1.29, 1.82) is 0 Å². The average molecular weight is 261 g/mol. The highest BCUT2D eigenvalue weighted by atomic mass is 32.1. The van der Waals surface area contributed by atoms with Crippen molar-refractivity contribution in [2.45, 2.75) is 6.42 Å². The predicted octanol–water partition coefficient (Wildman–Crippen LogP) is 4.01. The molecule has 2 rings (SSSR count). The number of hydrogen-bond donors (Lipinski definition) is 1. The second kappa shape index (κ2) is 6.22. The van der Waals surface area contributed by atoms with E-state index < -0.39 is 0 Å². The van der Waals surface area contributed by atoms with E-state index in [9.17, 15) is 0 Å². The monoisotopic (exact) mass is 261 g/mol. The van der Waals surface area contributed by atoms with Crippen LogP contribution >= 0.6 is 23.6 Å². The van der Waals surface area contributed by atoms with Gasteiger partial charge in [0.25, 0.3) is 0 Å². The summed E-state index contributed by atoms with van der Waals surface area (Å²) < 4.78 is 0.650. The van der Waals surface area contributed by atoms with Crippen LogP contribution in [0.3, 0.4) is 0 Å². The van der Waals surface area contributed by atoms with Crippen LogP contribution in [0.15, 0.2) is 41.4 Å². The molecule has 1 aromatic carbocycles. The predicted molar refractivity (Wildman–Crippen MR) is 75.5 cm³/mol. The topological polar surface area (TPSA) is 41.0 Å². The molecule has 0 saturated heterocycles. The van der Waals surface area contributed by atoms with Gasteiger partial charge in [0.05, 0.1) is 0 Å². The molecule has 0 atom stereocenters. The number of hydrogen-bond acceptors (Lipinski definition) is 4. The summed E-state index contributed by atoms with van der Waals surface area (Å²) in [6.45, 7) is 0. The maximum atomic E-state index is 4.91. The van der Waals surface area contributed by atoms with Crippen LogP contribution in [0.4, 0.5) is 5.13 Å². The van der Waals surface area contributed by atoms with Crippen LogP contribution in [-0.2, 0) is 0 Å². The first-order valence-electron chi connectivity index (χ1n) is 5.14. The van der Waals surface area contributed by atoms with E-state index in [-0.39, 0.29) is 0 Å². The Morgan fingerprint density at radius 2 is 2.18 bits per heavy atom. The van der Waals surface area contributed by atoms with Gasteiger partial charge in [-0.05, 0) is 17.8 Å². The molecule has 86 valence electrons. The number of benzene rings is 1. The Kier molecular flexibility index (Phi) is 4.35. The van der Waals surface area contributed by atoms with E-state index in [1.807, 2.05) is 24.4 Å². The first-order chi connectivity index (χ1) is 8.34. The molecule has 1 N–H and O–H groups in total. The fourth-order valence-electron chi connectivity index (χ4n) is 1.24. The second-order valence-electron chi connectivity index (χ2n) is 3.26. The SMILES string of the molecule is S=c1[nH]nc(/N=C/C/C=C/c2ccccc2)s1. The van der Waals surface area contributed by atoms with Crippen LogP contribution in [0.5, 0.6) is 0 Å². The van der Waals surface area contributed by atoms with Gasteiger partial charge in [0.15, 0.2) is 3.95 Å². The fourth-order valence-corrected chi connectivity index (χ4v) is 1.98. The molecule has 0 aliphatic rings. The van der Waals surface area contributed by atoms with Crippen LogP contribution in [0.1, 0.15) is 12.0 Å². The summed E-state index contributed by atoms with van der Waals surface area (Å²) in [6, 6.07) is 10.2. The molecule has 0 bridgehead atoms. The Balaban J connectivity index is 1.86. The third-order valence-corrected chi connectivity index (χ3v) is 2.98. The van der Waals surface area contributed by atoms with Crippen molar-refractivity contribution in [3.05, 3.63) is 45.9 Å². The van der Waals surface area contributed by atoms with E-state index in [2.05, 4.69) is 39.5 Å². The van der Waals surface area contributed by atoms with Gasteiger partial charge >= 0.3 is 0 Å². The zero-order valence-electron chi connectivity index (χ0n) is 9.04. The van der Waals surface area contributed by atoms with Crippen molar-refractivity contribution in [3.8, 4) is 0 Å². The molecular formula is C12H11N3S2. The molecule has 0 fully saturated rings. The summed E-state index contributed by atoms with van der Waals surface area (Å²) in [5.74, 6) is 0. The Bertz CT molecular complexity index is 567. The van der Waals surface area contributed by atoms with Gasteiger partial charge in [0.2, 0.25) is 5.13 Å². The summed E-state index contributed by atoms with van der Waals surface area (Å²) in [5.41, 5.74) is 1.19. The highest BCUT2D eigenvalue weighted by Crippen LogP contribution is 2.14. The Morgan fingerprint density at radius 3 is 2.88 bits per heavy atom. The van der Waals surface area contributed by atoms with Crippen molar-refractivity contribution in [2.24, 2.45) is 4.99 Å². The Hall–Kier alpha value is -1.59. The third kappa shape index (κ3) is 4.05. The van der Waals surface area contributed by atoms with Crippen molar-refractivity contribution < 1.29 is 0 Å². The lowest BCUT2D eigenvalue weighted by molar-refractivity contribution is 1.07. The van der Waals surface area contributed by atoms with Gasteiger partial charge in [-0.15, -0.1) is 5.10 Å². The van der Waals surface area contributed by atoms with E-state index in [4.69, 9.17) is 12.2 Å². The first-order valence-corrected chi connectivity index (χ1v) is 6.37. The summed E-state index contributed by atoms with van der Waals surface area (Å²) in [4.78, 5) is 4.19. The van der Waals surface area contributed by atoms with Crippen molar-refractivity contribution in [1.82, 2.24) is 10.2 Å². The van der Waals surface area contributed by atoms with Gasteiger partial charge in [0, 0.05) is 12.6 Å². The molecule has 0 aliphatic carbocycles. The number of aromatic amines is 1. The number of rotatable bonds is 4. The quantitative estimate of drug-likeness (QED) is 0.667. The zero-order chi connectivity index (χ0) is 11.9. The minimum atomic E-state index is 0.650. The largest absolute Gasteiger partial charge is 0.256 e. The molecule has 0 unspecified atom stereocenters. The number of aromatic nitrogens is 2. The fraction of sp³-hybridized carbons (Fsp3) is 0.0833. The average Bonchev–Trinajstić information content (AvgIpc) is 2.76. The molecule has 0 radical (unpaired) electrons. The van der Waals surface area contributed by atoms with Gasteiger partial charge in [0.1, 0.15) is 0 Å². The number of H-pyrrole nitrogens is 1. The van der Waals surface area contributed by atoms with E-state index in [0.29, 0.717) is 9.09 Å². The number of allylic oxidation sites excluding steroid dienone is 1. The lowest BCUT2D eigenvalue weighted by atomic mass is 10.2. The molecule has 1 aromatic heterocycles. The summed E-state index contributed by atoms with van der Waals surface area (Å²) >= 11 is 6.28. The lowest BCUT2D eigenvalue weighted by Gasteiger charge is -1.89. The van der Waals surface area contributed by atoms with E-state index in [1.54, 1.807) is 0 Å². The van der Waals surface area contributed by atoms with Crippen LogP contribution in [-0.4, -0.2) is 16.4 Å². The Labute approximate surface area is 109 Å². The standard InChI is InChI=1S/C12H11N3S2/c16-12-15-14-11(17-12)13-9-5-4-8-10-6-2-1-3-7-10/h1-4,6-9H,5H2,(H,15,16)/b8-4+,13-9+. The van der Waals surface area contributed by atoms with Crippen LogP contribution in [0, 0.1) is 3.95 Å². The van der Waals surface area contributed by atoms with Gasteiger partial charge in [-0.2, -0.15) is 0 Å². The molecule has 17 heavy (non-hydrogen) atoms. The van der Waals surface area contributed by atoms with E-state index in [1.165, 1.54) is 16.9 Å².